The van der Waals surface area contributed by atoms with Crippen LogP contribution in [0.15, 0.2) is 0 Å². The SMILES string of the molecule is ClC1CCC(CC2CCCC2)C1. The third-order valence-corrected chi connectivity index (χ3v) is 4.02. The molecule has 12 heavy (non-hydrogen) atoms. The highest BCUT2D eigenvalue weighted by Crippen LogP contribution is 2.38. The van der Waals surface area contributed by atoms with Crippen molar-refractivity contribution in [2.24, 2.45) is 11.8 Å². The Bertz CT molecular complexity index is 138. The summed E-state index contributed by atoms with van der Waals surface area (Å²) in [6.45, 7) is 0. The van der Waals surface area contributed by atoms with E-state index in [2.05, 4.69) is 0 Å². The van der Waals surface area contributed by atoms with Gasteiger partial charge < -0.3 is 0 Å². The first kappa shape index (κ1) is 8.87. The molecule has 2 unspecified atom stereocenters. The Kier molecular flexibility index (Phi) is 2.96. The van der Waals surface area contributed by atoms with Crippen molar-refractivity contribution in [2.45, 2.75) is 56.7 Å². The highest BCUT2D eigenvalue weighted by molar-refractivity contribution is 6.20. The minimum Gasteiger partial charge on any atom is -0.123 e. The zero-order valence-electron chi connectivity index (χ0n) is 7.77. The minimum atomic E-state index is 0.511. The van der Waals surface area contributed by atoms with Crippen LogP contribution in [0, 0.1) is 11.8 Å². The number of hydrogen-bond donors (Lipinski definition) is 0. The highest BCUT2D eigenvalue weighted by atomic mass is 35.5. The summed E-state index contributed by atoms with van der Waals surface area (Å²) in [7, 11) is 0. The lowest BCUT2D eigenvalue weighted by atomic mass is 9.92. The van der Waals surface area contributed by atoms with E-state index in [-0.39, 0.29) is 0 Å². The lowest BCUT2D eigenvalue weighted by Gasteiger charge is -2.14. The molecule has 1 heteroatoms. The Morgan fingerprint density at radius 3 is 2.25 bits per heavy atom. The summed E-state index contributed by atoms with van der Waals surface area (Å²) in [5.74, 6) is 2.05. The van der Waals surface area contributed by atoms with Crippen LogP contribution in [0.4, 0.5) is 0 Å². The van der Waals surface area contributed by atoms with Gasteiger partial charge in [0.2, 0.25) is 0 Å². The summed E-state index contributed by atoms with van der Waals surface area (Å²) in [4.78, 5) is 0. The molecule has 0 aromatic heterocycles. The number of hydrogen-bond acceptors (Lipinski definition) is 0. The quantitative estimate of drug-likeness (QED) is 0.573. The standard InChI is InChI=1S/C11H19Cl/c12-11-6-5-10(8-11)7-9-3-1-2-4-9/h9-11H,1-8H2. The molecule has 0 amide bonds. The van der Waals surface area contributed by atoms with Crippen molar-refractivity contribution in [3.05, 3.63) is 0 Å². The zero-order valence-corrected chi connectivity index (χ0v) is 8.52. The van der Waals surface area contributed by atoms with Gasteiger partial charge in [-0.05, 0) is 37.5 Å². The molecule has 0 aliphatic heterocycles. The minimum absolute atomic E-state index is 0.511. The van der Waals surface area contributed by atoms with Gasteiger partial charge in [0.15, 0.2) is 0 Å². The van der Waals surface area contributed by atoms with Crippen molar-refractivity contribution < 1.29 is 0 Å². The van der Waals surface area contributed by atoms with Gasteiger partial charge in [0.1, 0.15) is 0 Å². The molecule has 0 nitrogen and oxygen atoms in total. The molecule has 0 heterocycles. The van der Waals surface area contributed by atoms with E-state index in [1.165, 1.54) is 51.4 Å². The molecule has 2 aliphatic carbocycles. The molecule has 70 valence electrons. The third kappa shape index (κ3) is 2.16. The second-order valence-electron chi connectivity index (χ2n) is 4.66. The normalized spacial score (nSPS) is 37.8. The molecule has 0 aromatic rings. The Hall–Kier alpha value is 0.290. The van der Waals surface area contributed by atoms with Crippen LogP contribution in [-0.2, 0) is 0 Å². The topological polar surface area (TPSA) is 0 Å². The second kappa shape index (κ2) is 4.00. The van der Waals surface area contributed by atoms with E-state index < -0.39 is 0 Å². The van der Waals surface area contributed by atoms with Gasteiger partial charge in [-0.1, -0.05) is 25.7 Å². The van der Waals surface area contributed by atoms with Crippen molar-refractivity contribution in [2.75, 3.05) is 0 Å². The average molecular weight is 187 g/mol. The predicted octanol–water partition coefficient (Wildman–Crippen LogP) is 3.97. The Balaban J connectivity index is 1.72. The lowest BCUT2D eigenvalue weighted by Crippen LogP contribution is -2.03. The van der Waals surface area contributed by atoms with Crippen LogP contribution in [-0.4, -0.2) is 5.38 Å². The fourth-order valence-electron chi connectivity index (χ4n) is 2.95. The van der Waals surface area contributed by atoms with Crippen LogP contribution in [0.3, 0.4) is 0 Å². The molecular weight excluding hydrogens is 168 g/mol. The molecule has 0 N–H and O–H groups in total. The van der Waals surface area contributed by atoms with Gasteiger partial charge in [0.05, 0.1) is 0 Å². The number of alkyl halides is 1. The fourth-order valence-corrected chi connectivity index (χ4v) is 3.32. The molecule has 0 spiro atoms. The van der Waals surface area contributed by atoms with Crippen LogP contribution < -0.4 is 0 Å². The van der Waals surface area contributed by atoms with Crippen LogP contribution in [0.1, 0.15) is 51.4 Å². The Morgan fingerprint density at radius 1 is 0.917 bits per heavy atom. The van der Waals surface area contributed by atoms with Crippen molar-refractivity contribution in [1.82, 2.24) is 0 Å². The first-order valence-corrected chi connectivity index (χ1v) is 5.92. The van der Waals surface area contributed by atoms with Crippen LogP contribution in [0.5, 0.6) is 0 Å². The van der Waals surface area contributed by atoms with E-state index in [1.807, 2.05) is 0 Å². The first-order chi connectivity index (χ1) is 5.84. The first-order valence-electron chi connectivity index (χ1n) is 5.48. The maximum absolute atomic E-state index is 6.09. The number of rotatable bonds is 2. The van der Waals surface area contributed by atoms with Gasteiger partial charge in [-0.25, -0.2) is 0 Å². The molecule has 0 aromatic carbocycles. The molecule has 2 fully saturated rings. The molecule has 2 atom stereocenters. The largest absolute Gasteiger partial charge is 0.123 e. The Morgan fingerprint density at radius 2 is 1.67 bits per heavy atom. The summed E-state index contributed by atoms with van der Waals surface area (Å²) in [6.07, 6.45) is 11.5. The highest BCUT2D eigenvalue weighted by Gasteiger charge is 2.26. The second-order valence-corrected chi connectivity index (χ2v) is 5.28. The van der Waals surface area contributed by atoms with Gasteiger partial charge in [-0.2, -0.15) is 0 Å². The van der Waals surface area contributed by atoms with Crippen LogP contribution in [0.25, 0.3) is 0 Å². The predicted molar refractivity (Wildman–Crippen MR) is 53.6 cm³/mol. The van der Waals surface area contributed by atoms with Gasteiger partial charge in [-0.15, -0.1) is 11.6 Å². The fraction of sp³-hybridized carbons (Fsp3) is 1.00. The molecule has 2 aliphatic rings. The third-order valence-electron chi connectivity index (χ3n) is 3.62. The van der Waals surface area contributed by atoms with Crippen LogP contribution in [0.2, 0.25) is 0 Å². The number of halogens is 1. The molecular formula is C11H19Cl. The summed E-state index contributed by atoms with van der Waals surface area (Å²) in [5.41, 5.74) is 0. The lowest BCUT2D eigenvalue weighted by molar-refractivity contribution is 0.382. The molecule has 0 radical (unpaired) electrons. The monoisotopic (exact) mass is 186 g/mol. The van der Waals surface area contributed by atoms with E-state index in [4.69, 9.17) is 11.6 Å². The van der Waals surface area contributed by atoms with Crippen molar-refractivity contribution in [1.29, 1.82) is 0 Å². The van der Waals surface area contributed by atoms with Gasteiger partial charge in [0.25, 0.3) is 0 Å². The van der Waals surface area contributed by atoms with E-state index in [0.717, 1.165) is 11.8 Å². The molecule has 2 saturated carbocycles. The molecule has 0 saturated heterocycles. The summed E-state index contributed by atoms with van der Waals surface area (Å²) in [5, 5.41) is 0.511. The maximum Gasteiger partial charge on any atom is 0.0338 e. The van der Waals surface area contributed by atoms with E-state index in [1.54, 1.807) is 0 Å². The maximum atomic E-state index is 6.09. The van der Waals surface area contributed by atoms with Gasteiger partial charge in [-0.3, -0.25) is 0 Å². The smallest absolute Gasteiger partial charge is 0.0338 e. The van der Waals surface area contributed by atoms with Crippen LogP contribution >= 0.6 is 11.6 Å². The van der Waals surface area contributed by atoms with Gasteiger partial charge in [0, 0.05) is 5.38 Å². The summed E-state index contributed by atoms with van der Waals surface area (Å²) >= 11 is 6.09. The summed E-state index contributed by atoms with van der Waals surface area (Å²) < 4.78 is 0. The zero-order chi connectivity index (χ0) is 8.39. The Labute approximate surface area is 80.7 Å². The summed E-state index contributed by atoms with van der Waals surface area (Å²) in [6, 6.07) is 0. The van der Waals surface area contributed by atoms with Crippen molar-refractivity contribution in [3.63, 3.8) is 0 Å². The molecule has 0 bridgehead atoms. The van der Waals surface area contributed by atoms with Gasteiger partial charge >= 0.3 is 0 Å². The average Bonchev–Trinajstić information content (AvgIpc) is 2.63. The van der Waals surface area contributed by atoms with E-state index in [0.29, 0.717) is 5.38 Å². The van der Waals surface area contributed by atoms with E-state index >= 15 is 0 Å². The van der Waals surface area contributed by atoms with Crippen molar-refractivity contribution in [3.8, 4) is 0 Å². The molecule has 2 rings (SSSR count). The van der Waals surface area contributed by atoms with Crippen molar-refractivity contribution >= 4 is 11.6 Å². The van der Waals surface area contributed by atoms with E-state index in [9.17, 15) is 0 Å².